The normalized spacial score (nSPS) is 17.7. The smallest absolute Gasteiger partial charge is 0.293 e. The van der Waals surface area contributed by atoms with E-state index in [9.17, 15) is 4.79 Å². The van der Waals surface area contributed by atoms with Crippen molar-refractivity contribution in [1.82, 2.24) is 25.0 Å². The van der Waals surface area contributed by atoms with Crippen LogP contribution in [0.15, 0.2) is 0 Å². The van der Waals surface area contributed by atoms with E-state index in [1.807, 2.05) is 25.8 Å². The predicted molar refractivity (Wildman–Crippen MR) is 82.3 cm³/mol. The molecule has 1 saturated heterocycles. The molecule has 0 spiro atoms. The molecule has 1 fully saturated rings. The van der Waals surface area contributed by atoms with Gasteiger partial charge in [-0.15, -0.1) is 5.10 Å². The van der Waals surface area contributed by atoms with E-state index < -0.39 is 0 Å². The maximum absolute atomic E-state index is 12.5. The summed E-state index contributed by atoms with van der Waals surface area (Å²) in [6, 6.07) is 0.863. The van der Waals surface area contributed by atoms with Crippen molar-refractivity contribution in [3.05, 3.63) is 11.6 Å². The Bertz CT molecular complexity index is 474. The monoisotopic (exact) mass is 293 g/mol. The number of piperidine rings is 1. The van der Waals surface area contributed by atoms with Gasteiger partial charge in [0.05, 0.1) is 0 Å². The third-order valence-electron chi connectivity index (χ3n) is 4.34. The molecule has 6 nitrogen and oxygen atoms in total. The van der Waals surface area contributed by atoms with Crippen LogP contribution in [0.2, 0.25) is 0 Å². The molecule has 1 aromatic rings. The van der Waals surface area contributed by atoms with Crippen molar-refractivity contribution in [2.45, 2.75) is 58.5 Å². The fourth-order valence-corrected chi connectivity index (χ4v) is 2.74. The third-order valence-corrected chi connectivity index (χ3v) is 4.34. The first-order valence-corrected chi connectivity index (χ1v) is 7.83. The Balaban J connectivity index is 1.96. The van der Waals surface area contributed by atoms with Gasteiger partial charge in [0.1, 0.15) is 5.82 Å². The molecular weight excluding hydrogens is 266 g/mol. The van der Waals surface area contributed by atoms with Gasteiger partial charge in [-0.25, -0.2) is 4.98 Å². The zero-order valence-corrected chi connectivity index (χ0v) is 13.8. The van der Waals surface area contributed by atoms with Crippen LogP contribution in [0.4, 0.5) is 0 Å². The Labute approximate surface area is 126 Å². The number of H-pyrrole nitrogens is 1. The van der Waals surface area contributed by atoms with E-state index in [-0.39, 0.29) is 23.7 Å². The number of carbonyl (C=O) groups is 1. The Kier molecular flexibility index (Phi) is 4.98. The largest absolute Gasteiger partial charge is 0.336 e. The van der Waals surface area contributed by atoms with Gasteiger partial charge in [0.25, 0.3) is 5.91 Å². The van der Waals surface area contributed by atoms with E-state index in [4.69, 9.17) is 0 Å². The summed E-state index contributed by atoms with van der Waals surface area (Å²) in [4.78, 5) is 21.0. The Morgan fingerprint density at radius 3 is 2.38 bits per heavy atom. The highest BCUT2D eigenvalue weighted by atomic mass is 16.2. The van der Waals surface area contributed by atoms with E-state index in [1.165, 1.54) is 0 Å². The number of nitrogens with one attached hydrogen (secondary N) is 1. The SMILES string of the molecule is CC(C)c1nc(C(=O)N(C)C2CCN(C(C)C)CC2)n[nH]1. The summed E-state index contributed by atoms with van der Waals surface area (Å²) in [7, 11) is 1.86. The standard InChI is InChI=1S/C15H27N5O/c1-10(2)13-16-14(18-17-13)15(21)19(5)12-6-8-20(9-7-12)11(3)4/h10-12H,6-9H2,1-5H3,(H,16,17,18). The van der Waals surface area contributed by atoms with Crippen molar-refractivity contribution in [3.63, 3.8) is 0 Å². The van der Waals surface area contributed by atoms with Gasteiger partial charge >= 0.3 is 0 Å². The first-order valence-electron chi connectivity index (χ1n) is 7.83. The fourth-order valence-electron chi connectivity index (χ4n) is 2.74. The van der Waals surface area contributed by atoms with Gasteiger partial charge in [0.15, 0.2) is 0 Å². The average molecular weight is 293 g/mol. The van der Waals surface area contributed by atoms with Crippen LogP contribution in [-0.2, 0) is 0 Å². The highest BCUT2D eigenvalue weighted by Crippen LogP contribution is 2.18. The first kappa shape index (κ1) is 15.9. The van der Waals surface area contributed by atoms with E-state index >= 15 is 0 Å². The van der Waals surface area contributed by atoms with Crippen molar-refractivity contribution < 1.29 is 4.79 Å². The van der Waals surface area contributed by atoms with Crippen molar-refractivity contribution in [2.75, 3.05) is 20.1 Å². The van der Waals surface area contributed by atoms with Crippen LogP contribution in [0.3, 0.4) is 0 Å². The maximum Gasteiger partial charge on any atom is 0.293 e. The van der Waals surface area contributed by atoms with Gasteiger partial charge in [-0.05, 0) is 26.7 Å². The quantitative estimate of drug-likeness (QED) is 0.920. The Morgan fingerprint density at radius 1 is 1.29 bits per heavy atom. The number of aromatic nitrogens is 3. The first-order chi connectivity index (χ1) is 9.90. The number of carbonyl (C=O) groups excluding carboxylic acids is 1. The van der Waals surface area contributed by atoms with Crippen LogP contribution < -0.4 is 0 Å². The minimum atomic E-state index is -0.0823. The number of aromatic amines is 1. The number of likely N-dealkylation sites (tertiary alicyclic amines) is 1. The third kappa shape index (κ3) is 3.61. The molecule has 0 aromatic carbocycles. The number of amides is 1. The highest BCUT2D eigenvalue weighted by Gasteiger charge is 2.28. The van der Waals surface area contributed by atoms with Gasteiger partial charge in [-0.1, -0.05) is 13.8 Å². The second-order valence-corrected chi connectivity index (χ2v) is 6.48. The topological polar surface area (TPSA) is 65.1 Å². The Hall–Kier alpha value is -1.43. The van der Waals surface area contributed by atoms with E-state index in [1.54, 1.807) is 0 Å². The molecule has 0 aliphatic carbocycles. The van der Waals surface area contributed by atoms with Crippen LogP contribution in [0, 0.1) is 0 Å². The minimum Gasteiger partial charge on any atom is -0.336 e. The second kappa shape index (κ2) is 6.56. The lowest BCUT2D eigenvalue weighted by atomic mass is 10.0. The maximum atomic E-state index is 12.5. The van der Waals surface area contributed by atoms with Gasteiger partial charge in [-0.3, -0.25) is 9.89 Å². The molecule has 0 radical (unpaired) electrons. The molecule has 1 amide bonds. The Morgan fingerprint density at radius 2 is 1.90 bits per heavy atom. The summed E-state index contributed by atoms with van der Waals surface area (Å²) in [5.41, 5.74) is 0. The summed E-state index contributed by atoms with van der Waals surface area (Å²) >= 11 is 0. The molecule has 0 bridgehead atoms. The van der Waals surface area contributed by atoms with E-state index in [2.05, 4.69) is 33.9 Å². The van der Waals surface area contributed by atoms with Crippen LogP contribution in [0.5, 0.6) is 0 Å². The minimum absolute atomic E-state index is 0.0823. The number of hydrogen-bond acceptors (Lipinski definition) is 4. The van der Waals surface area contributed by atoms with Gasteiger partial charge < -0.3 is 9.80 Å². The number of rotatable bonds is 4. The van der Waals surface area contributed by atoms with E-state index in [0.29, 0.717) is 6.04 Å². The summed E-state index contributed by atoms with van der Waals surface area (Å²) in [5.74, 6) is 1.22. The lowest BCUT2D eigenvalue weighted by Crippen LogP contribution is -2.47. The number of nitrogens with zero attached hydrogens (tertiary/aromatic N) is 4. The van der Waals surface area contributed by atoms with Crippen molar-refractivity contribution in [3.8, 4) is 0 Å². The zero-order chi connectivity index (χ0) is 15.6. The van der Waals surface area contributed by atoms with E-state index in [0.717, 1.165) is 31.8 Å². The predicted octanol–water partition coefficient (Wildman–Crippen LogP) is 1.87. The molecular formula is C15H27N5O. The summed E-state index contributed by atoms with van der Waals surface area (Å²) in [6.07, 6.45) is 2.03. The molecule has 2 heterocycles. The molecule has 1 aliphatic heterocycles. The van der Waals surface area contributed by atoms with Crippen molar-refractivity contribution in [2.24, 2.45) is 0 Å². The van der Waals surface area contributed by atoms with Gasteiger partial charge in [-0.2, -0.15) is 0 Å². The molecule has 0 unspecified atom stereocenters. The molecule has 2 rings (SSSR count). The second-order valence-electron chi connectivity index (χ2n) is 6.48. The van der Waals surface area contributed by atoms with Crippen LogP contribution in [0.1, 0.15) is 62.9 Å². The summed E-state index contributed by atoms with van der Waals surface area (Å²) in [5, 5.41) is 6.91. The average Bonchev–Trinajstić information content (AvgIpc) is 2.96. The summed E-state index contributed by atoms with van der Waals surface area (Å²) < 4.78 is 0. The molecule has 0 saturated carbocycles. The molecule has 1 aliphatic rings. The molecule has 1 aromatic heterocycles. The van der Waals surface area contributed by atoms with Crippen LogP contribution in [-0.4, -0.2) is 63.1 Å². The van der Waals surface area contributed by atoms with Crippen LogP contribution >= 0.6 is 0 Å². The van der Waals surface area contributed by atoms with Crippen molar-refractivity contribution in [1.29, 1.82) is 0 Å². The molecule has 21 heavy (non-hydrogen) atoms. The lowest BCUT2D eigenvalue weighted by molar-refractivity contribution is 0.0604. The van der Waals surface area contributed by atoms with Crippen LogP contribution in [0.25, 0.3) is 0 Å². The molecule has 6 heteroatoms. The highest BCUT2D eigenvalue weighted by molar-refractivity contribution is 5.90. The summed E-state index contributed by atoms with van der Waals surface area (Å²) in [6.45, 7) is 10.6. The fraction of sp³-hybridized carbons (Fsp3) is 0.800. The van der Waals surface area contributed by atoms with Crippen molar-refractivity contribution >= 4 is 5.91 Å². The molecule has 0 atom stereocenters. The molecule has 1 N–H and O–H groups in total. The molecule has 118 valence electrons. The van der Waals surface area contributed by atoms with Gasteiger partial charge in [0.2, 0.25) is 5.82 Å². The zero-order valence-electron chi connectivity index (χ0n) is 13.8. The lowest BCUT2D eigenvalue weighted by Gasteiger charge is -2.38. The van der Waals surface area contributed by atoms with Gasteiger partial charge in [0, 0.05) is 38.1 Å². The number of hydrogen-bond donors (Lipinski definition) is 1.